The Morgan fingerprint density at radius 1 is 1.08 bits per heavy atom. The van der Waals surface area contributed by atoms with Gasteiger partial charge in [0.05, 0.1) is 5.92 Å². The molecule has 1 N–H and O–H groups in total. The molecule has 3 rings (SSSR count). The lowest BCUT2D eigenvalue weighted by Crippen LogP contribution is -2.43. The van der Waals surface area contributed by atoms with Crippen molar-refractivity contribution in [2.75, 3.05) is 18.4 Å². The summed E-state index contributed by atoms with van der Waals surface area (Å²) in [5.74, 6) is -0.827. The highest BCUT2D eigenvalue weighted by molar-refractivity contribution is 5.96. The number of nitrogens with zero attached hydrogens (tertiary/aromatic N) is 1. The maximum atomic E-state index is 13.1. The number of halogens is 1. The number of aryl methyl sites for hydroxylation is 2. The van der Waals surface area contributed by atoms with Gasteiger partial charge in [-0.15, -0.1) is 0 Å². The van der Waals surface area contributed by atoms with Crippen molar-refractivity contribution < 1.29 is 14.0 Å². The molecule has 1 fully saturated rings. The number of nitrogens with one attached hydrogen (secondary N) is 1. The third-order valence-electron chi connectivity index (χ3n) is 4.90. The number of rotatable bonds is 3. The lowest BCUT2D eigenvalue weighted by Gasteiger charge is -2.32. The van der Waals surface area contributed by atoms with E-state index in [1.807, 2.05) is 32.0 Å². The van der Waals surface area contributed by atoms with Crippen LogP contribution in [0, 0.1) is 25.6 Å². The van der Waals surface area contributed by atoms with Crippen LogP contribution >= 0.6 is 0 Å². The molecule has 0 saturated carbocycles. The monoisotopic (exact) mass is 354 g/mol. The number of hydrogen-bond donors (Lipinski definition) is 1. The van der Waals surface area contributed by atoms with Crippen molar-refractivity contribution in [3.8, 4) is 0 Å². The zero-order valence-electron chi connectivity index (χ0n) is 15.1. The molecule has 2 aromatic rings. The topological polar surface area (TPSA) is 49.4 Å². The summed E-state index contributed by atoms with van der Waals surface area (Å²) in [7, 11) is 0. The third-order valence-corrected chi connectivity index (χ3v) is 4.90. The van der Waals surface area contributed by atoms with Gasteiger partial charge < -0.3 is 10.2 Å². The molecule has 0 spiro atoms. The second-order valence-corrected chi connectivity index (χ2v) is 6.85. The first kappa shape index (κ1) is 18.1. The van der Waals surface area contributed by atoms with Crippen LogP contribution in [0.3, 0.4) is 0 Å². The van der Waals surface area contributed by atoms with E-state index < -0.39 is 0 Å². The van der Waals surface area contributed by atoms with E-state index in [9.17, 15) is 14.0 Å². The molecule has 1 heterocycles. The van der Waals surface area contributed by atoms with Crippen LogP contribution in [-0.2, 0) is 4.79 Å². The average molecular weight is 354 g/mol. The highest BCUT2D eigenvalue weighted by atomic mass is 19.1. The number of anilines is 1. The van der Waals surface area contributed by atoms with Gasteiger partial charge in [-0.25, -0.2) is 4.39 Å². The summed E-state index contributed by atoms with van der Waals surface area (Å²) in [6.45, 7) is 4.93. The molecular formula is C21H23FN2O2. The van der Waals surface area contributed by atoms with Gasteiger partial charge in [0, 0.05) is 24.3 Å². The third kappa shape index (κ3) is 3.93. The molecule has 2 amide bonds. The first-order valence-corrected chi connectivity index (χ1v) is 8.87. The number of amides is 2. The minimum atomic E-state index is -0.369. The standard InChI is InChI=1S/C21H23FN2O2/c1-14-5-3-6-15(2)19(14)23-20(25)17-7-4-12-24(13-17)21(26)16-8-10-18(22)11-9-16/h3,5-6,8-11,17H,4,7,12-13H2,1-2H3,(H,23,25)/t17-/m1/s1. The number of para-hydroxylation sites is 1. The summed E-state index contributed by atoms with van der Waals surface area (Å²) in [5.41, 5.74) is 3.34. The Labute approximate surface area is 153 Å². The SMILES string of the molecule is Cc1cccc(C)c1NC(=O)[C@@H]1CCCN(C(=O)c2ccc(F)cc2)C1. The Bertz CT molecular complexity index is 797. The smallest absolute Gasteiger partial charge is 0.253 e. The molecule has 5 heteroatoms. The second kappa shape index (κ2) is 7.68. The zero-order valence-corrected chi connectivity index (χ0v) is 15.1. The molecule has 1 aliphatic rings. The Kier molecular flexibility index (Phi) is 5.35. The maximum absolute atomic E-state index is 13.1. The Hall–Kier alpha value is -2.69. The van der Waals surface area contributed by atoms with Crippen LogP contribution in [0.4, 0.5) is 10.1 Å². The van der Waals surface area contributed by atoms with E-state index in [1.54, 1.807) is 4.90 Å². The molecule has 136 valence electrons. The summed E-state index contributed by atoms with van der Waals surface area (Å²) in [5, 5.41) is 3.03. The molecule has 0 bridgehead atoms. The molecular weight excluding hydrogens is 331 g/mol. The van der Waals surface area contributed by atoms with Crippen molar-refractivity contribution in [1.29, 1.82) is 0 Å². The fourth-order valence-electron chi connectivity index (χ4n) is 3.39. The number of benzene rings is 2. The van der Waals surface area contributed by atoms with Gasteiger partial charge in [-0.3, -0.25) is 9.59 Å². The fraction of sp³-hybridized carbons (Fsp3) is 0.333. The van der Waals surface area contributed by atoms with E-state index >= 15 is 0 Å². The first-order valence-electron chi connectivity index (χ1n) is 8.87. The highest BCUT2D eigenvalue weighted by Gasteiger charge is 2.29. The lowest BCUT2D eigenvalue weighted by atomic mass is 9.96. The summed E-state index contributed by atoms with van der Waals surface area (Å²) < 4.78 is 13.1. The van der Waals surface area contributed by atoms with Crippen molar-refractivity contribution in [3.05, 3.63) is 65.0 Å². The summed E-state index contributed by atoms with van der Waals surface area (Å²) in [6.07, 6.45) is 1.53. The van der Waals surface area contributed by atoms with Crippen LogP contribution in [-0.4, -0.2) is 29.8 Å². The molecule has 0 aromatic heterocycles. The van der Waals surface area contributed by atoms with Gasteiger partial charge in [-0.1, -0.05) is 18.2 Å². The number of carbonyl (C=O) groups excluding carboxylic acids is 2. The van der Waals surface area contributed by atoms with E-state index in [4.69, 9.17) is 0 Å². The van der Waals surface area contributed by atoms with E-state index in [0.717, 1.165) is 29.7 Å². The molecule has 1 aliphatic heterocycles. The molecule has 26 heavy (non-hydrogen) atoms. The molecule has 1 atom stereocenters. The van der Waals surface area contributed by atoms with Crippen LogP contribution in [0.15, 0.2) is 42.5 Å². The quantitative estimate of drug-likeness (QED) is 0.908. The predicted octanol–water partition coefficient (Wildman–Crippen LogP) is 3.93. The van der Waals surface area contributed by atoms with Gasteiger partial charge >= 0.3 is 0 Å². The minimum Gasteiger partial charge on any atom is -0.338 e. The number of piperidine rings is 1. The summed E-state index contributed by atoms with van der Waals surface area (Å²) >= 11 is 0. The molecule has 0 unspecified atom stereocenters. The average Bonchev–Trinajstić information content (AvgIpc) is 2.65. The molecule has 4 nitrogen and oxygen atoms in total. The summed E-state index contributed by atoms with van der Waals surface area (Å²) in [4.78, 5) is 27.0. The zero-order chi connectivity index (χ0) is 18.7. The normalized spacial score (nSPS) is 17.0. The number of likely N-dealkylation sites (tertiary alicyclic amines) is 1. The van der Waals surface area contributed by atoms with Crippen LogP contribution in [0.2, 0.25) is 0 Å². The molecule has 2 aromatic carbocycles. The van der Waals surface area contributed by atoms with Gasteiger partial charge in [-0.05, 0) is 62.1 Å². The van der Waals surface area contributed by atoms with Crippen LogP contribution in [0.25, 0.3) is 0 Å². The maximum Gasteiger partial charge on any atom is 0.253 e. The number of carbonyl (C=O) groups is 2. The minimum absolute atomic E-state index is 0.0565. The van der Waals surface area contributed by atoms with E-state index in [2.05, 4.69) is 5.32 Å². The predicted molar refractivity (Wildman–Crippen MR) is 99.6 cm³/mol. The summed E-state index contributed by atoms with van der Waals surface area (Å²) in [6, 6.07) is 11.4. The van der Waals surface area contributed by atoms with E-state index in [1.165, 1.54) is 24.3 Å². The Balaban J connectivity index is 1.69. The van der Waals surface area contributed by atoms with Gasteiger partial charge in [-0.2, -0.15) is 0 Å². The van der Waals surface area contributed by atoms with Gasteiger partial charge in [0.1, 0.15) is 5.82 Å². The van der Waals surface area contributed by atoms with Gasteiger partial charge in [0.15, 0.2) is 0 Å². The Morgan fingerprint density at radius 3 is 2.38 bits per heavy atom. The van der Waals surface area contributed by atoms with Crippen molar-refractivity contribution in [2.45, 2.75) is 26.7 Å². The fourth-order valence-corrected chi connectivity index (χ4v) is 3.39. The van der Waals surface area contributed by atoms with Crippen molar-refractivity contribution in [3.63, 3.8) is 0 Å². The first-order chi connectivity index (χ1) is 12.5. The molecule has 1 saturated heterocycles. The molecule has 0 aliphatic carbocycles. The number of hydrogen-bond acceptors (Lipinski definition) is 2. The second-order valence-electron chi connectivity index (χ2n) is 6.85. The largest absolute Gasteiger partial charge is 0.338 e. The van der Waals surface area contributed by atoms with Crippen LogP contribution < -0.4 is 5.32 Å². The van der Waals surface area contributed by atoms with Gasteiger partial charge in [0.25, 0.3) is 5.91 Å². The Morgan fingerprint density at radius 2 is 1.73 bits per heavy atom. The van der Waals surface area contributed by atoms with Crippen molar-refractivity contribution in [1.82, 2.24) is 4.90 Å². The van der Waals surface area contributed by atoms with Gasteiger partial charge in [0.2, 0.25) is 5.91 Å². The van der Waals surface area contributed by atoms with Crippen LogP contribution in [0.5, 0.6) is 0 Å². The van der Waals surface area contributed by atoms with Crippen molar-refractivity contribution in [2.24, 2.45) is 5.92 Å². The lowest BCUT2D eigenvalue weighted by molar-refractivity contribution is -0.121. The molecule has 0 radical (unpaired) electrons. The van der Waals surface area contributed by atoms with Crippen molar-refractivity contribution >= 4 is 17.5 Å². The van der Waals surface area contributed by atoms with E-state index in [-0.39, 0.29) is 23.5 Å². The van der Waals surface area contributed by atoms with E-state index in [0.29, 0.717) is 18.7 Å². The van der Waals surface area contributed by atoms with Crippen LogP contribution in [0.1, 0.15) is 34.3 Å². The highest BCUT2D eigenvalue weighted by Crippen LogP contribution is 2.24.